The summed E-state index contributed by atoms with van der Waals surface area (Å²) < 4.78 is 37.0. The molecule has 0 aromatic heterocycles. The molecule has 0 radical (unpaired) electrons. The van der Waals surface area contributed by atoms with Crippen molar-refractivity contribution in [1.82, 2.24) is 4.90 Å². The van der Waals surface area contributed by atoms with Gasteiger partial charge in [-0.05, 0) is 19.9 Å². The maximum absolute atomic E-state index is 12.3. The molecule has 1 aliphatic rings. The molecule has 1 saturated carbocycles. The lowest BCUT2D eigenvalue weighted by atomic mass is 9.84. The van der Waals surface area contributed by atoms with E-state index in [0.29, 0.717) is 0 Å². The van der Waals surface area contributed by atoms with E-state index >= 15 is 0 Å². The normalized spacial score (nSPS) is 27.9. The first kappa shape index (κ1) is 15.4. The van der Waals surface area contributed by atoms with Crippen LogP contribution in [0.3, 0.4) is 0 Å². The van der Waals surface area contributed by atoms with E-state index < -0.39 is 12.3 Å². The molecular weight excluding hydrogens is 245 g/mol. The molecule has 0 spiro atoms. The number of aliphatic hydroxyl groups excluding tert-OH is 1. The molecule has 1 rings (SSSR count). The Labute approximate surface area is 106 Å². The zero-order valence-corrected chi connectivity index (χ0v) is 10.8. The Morgan fingerprint density at radius 1 is 1.39 bits per heavy atom. The van der Waals surface area contributed by atoms with Crippen LogP contribution < -0.4 is 0 Å². The first-order valence-corrected chi connectivity index (χ1v) is 6.23. The average Bonchev–Trinajstić information content (AvgIpc) is 2.28. The molecule has 3 atom stereocenters. The maximum atomic E-state index is 12.3. The SMILES string of the molecule is CN=CC1CCCC[C@@H]1N(C)C[C@H](O)C(F)(F)F. The molecule has 0 aromatic rings. The van der Waals surface area contributed by atoms with E-state index in [1.807, 2.05) is 6.21 Å². The van der Waals surface area contributed by atoms with Gasteiger partial charge in [-0.2, -0.15) is 13.2 Å². The number of nitrogens with zero attached hydrogens (tertiary/aromatic N) is 2. The van der Waals surface area contributed by atoms with Crippen LogP contribution in [0.4, 0.5) is 13.2 Å². The van der Waals surface area contributed by atoms with Gasteiger partial charge in [-0.3, -0.25) is 4.90 Å². The molecule has 0 heterocycles. The predicted octanol–water partition coefficient (Wildman–Crippen LogP) is 2.10. The summed E-state index contributed by atoms with van der Waals surface area (Å²) in [4.78, 5) is 5.60. The van der Waals surface area contributed by atoms with Gasteiger partial charge in [-0.1, -0.05) is 12.8 Å². The van der Waals surface area contributed by atoms with Crippen LogP contribution >= 0.6 is 0 Å². The molecule has 18 heavy (non-hydrogen) atoms. The molecule has 106 valence electrons. The van der Waals surface area contributed by atoms with E-state index in [1.54, 1.807) is 19.0 Å². The van der Waals surface area contributed by atoms with Gasteiger partial charge in [0.25, 0.3) is 0 Å². The van der Waals surface area contributed by atoms with Gasteiger partial charge in [-0.15, -0.1) is 0 Å². The summed E-state index contributed by atoms with van der Waals surface area (Å²) >= 11 is 0. The van der Waals surface area contributed by atoms with Crippen LogP contribution in [0.25, 0.3) is 0 Å². The van der Waals surface area contributed by atoms with Gasteiger partial charge < -0.3 is 10.1 Å². The predicted molar refractivity (Wildman–Crippen MR) is 64.9 cm³/mol. The van der Waals surface area contributed by atoms with E-state index in [9.17, 15) is 13.2 Å². The maximum Gasteiger partial charge on any atom is 0.415 e. The van der Waals surface area contributed by atoms with Crippen LogP contribution in [0.1, 0.15) is 25.7 Å². The van der Waals surface area contributed by atoms with Gasteiger partial charge in [0, 0.05) is 31.8 Å². The topological polar surface area (TPSA) is 35.8 Å². The highest BCUT2D eigenvalue weighted by atomic mass is 19.4. The summed E-state index contributed by atoms with van der Waals surface area (Å²) in [7, 11) is 3.32. The zero-order valence-electron chi connectivity index (χ0n) is 10.8. The molecule has 1 unspecified atom stereocenters. The second-order valence-electron chi connectivity index (χ2n) is 4.92. The minimum Gasteiger partial charge on any atom is -0.382 e. The average molecular weight is 266 g/mol. The minimum atomic E-state index is -4.54. The lowest BCUT2D eigenvalue weighted by molar-refractivity contribution is -0.209. The summed E-state index contributed by atoms with van der Waals surface area (Å²) in [6, 6.07) is 0.0412. The zero-order chi connectivity index (χ0) is 13.8. The molecule has 1 fully saturated rings. The van der Waals surface area contributed by atoms with Gasteiger partial charge in [0.15, 0.2) is 6.10 Å². The number of hydrogen-bond acceptors (Lipinski definition) is 3. The summed E-state index contributed by atoms with van der Waals surface area (Å²) in [6.45, 7) is -0.373. The van der Waals surface area contributed by atoms with Crippen molar-refractivity contribution in [1.29, 1.82) is 0 Å². The van der Waals surface area contributed by atoms with Crippen LogP contribution in [0.5, 0.6) is 0 Å². The molecule has 0 amide bonds. The molecule has 1 aliphatic carbocycles. The Morgan fingerprint density at radius 2 is 2.00 bits per heavy atom. The third-order valence-corrected chi connectivity index (χ3v) is 3.53. The smallest absolute Gasteiger partial charge is 0.382 e. The van der Waals surface area contributed by atoms with E-state index in [4.69, 9.17) is 5.11 Å². The van der Waals surface area contributed by atoms with Crippen molar-refractivity contribution in [2.45, 2.75) is 44.0 Å². The van der Waals surface area contributed by atoms with Crippen LogP contribution in [0, 0.1) is 5.92 Å². The minimum absolute atomic E-state index is 0.0412. The van der Waals surface area contributed by atoms with Gasteiger partial charge in [0.05, 0.1) is 0 Å². The number of halogens is 3. The summed E-state index contributed by atoms with van der Waals surface area (Å²) in [5.74, 6) is 0.189. The van der Waals surface area contributed by atoms with Gasteiger partial charge in [0.1, 0.15) is 0 Å². The fraction of sp³-hybridized carbons (Fsp3) is 0.917. The highest BCUT2D eigenvalue weighted by Gasteiger charge is 2.40. The molecule has 0 bridgehead atoms. The molecule has 6 heteroatoms. The van der Waals surface area contributed by atoms with Crippen LogP contribution in [0.2, 0.25) is 0 Å². The second kappa shape index (κ2) is 6.52. The third kappa shape index (κ3) is 4.24. The molecule has 0 aliphatic heterocycles. The number of aliphatic hydroxyl groups is 1. The van der Waals surface area contributed by atoms with Crippen molar-refractivity contribution in [2.24, 2.45) is 10.9 Å². The number of alkyl halides is 3. The molecule has 3 nitrogen and oxygen atoms in total. The number of hydrogen-bond donors (Lipinski definition) is 1. The largest absolute Gasteiger partial charge is 0.415 e. The lowest BCUT2D eigenvalue weighted by Gasteiger charge is -2.37. The van der Waals surface area contributed by atoms with Gasteiger partial charge >= 0.3 is 6.18 Å². The summed E-state index contributed by atoms with van der Waals surface area (Å²) in [5, 5.41) is 9.10. The first-order valence-electron chi connectivity index (χ1n) is 6.23. The molecule has 1 N–H and O–H groups in total. The van der Waals surface area contributed by atoms with Crippen molar-refractivity contribution in [3.05, 3.63) is 0 Å². The third-order valence-electron chi connectivity index (χ3n) is 3.53. The molecular formula is C12H21F3N2O. The van der Waals surface area contributed by atoms with Crippen molar-refractivity contribution >= 4 is 6.21 Å². The van der Waals surface area contributed by atoms with Crippen LogP contribution in [0.15, 0.2) is 4.99 Å². The number of aliphatic imine (C=N–C) groups is 1. The number of rotatable bonds is 4. The summed E-state index contributed by atoms with van der Waals surface area (Å²) in [6.07, 6.45) is -1.08. The van der Waals surface area contributed by atoms with Crippen LogP contribution in [-0.4, -0.2) is 55.2 Å². The van der Waals surface area contributed by atoms with Gasteiger partial charge in [0.2, 0.25) is 0 Å². The Hall–Kier alpha value is -0.620. The van der Waals surface area contributed by atoms with Crippen LogP contribution in [-0.2, 0) is 0 Å². The van der Waals surface area contributed by atoms with E-state index in [2.05, 4.69) is 4.99 Å². The van der Waals surface area contributed by atoms with E-state index in [-0.39, 0.29) is 18.5 Å². The van der Waals surface area contributed by atoms with E-state index in [0.717, 1.165) is 25.7 Å². The van der Waals surface area contributed by atoms with E-state index in [1.165, 1.54) is 0 Å². The molecule has 0 aromatic carbocycles. The Kier molecular flexibility index (Phi) is 5.59. The van der Waals surface area contributed by atoms with Crippen molar-refractivity contribution in [3.63, 3.8) is 0 Å². The monoisotopic (exact) mass is 266 g/mol. The summed E-state index contributed by atoms with van der Waals surface area (Å²) in [5.41, 5.74) is 0. The van der Waals surface area contributed by atoms with Gasteiger partial charge in [-0.25, -0.2) is 0 Å². The molecule has 0 saturated heterocycles. The second-order valence-corrected chi connectivity index (χ2v) is 4.92. The Balaban J connectivity index is 2.60. The Bertz CT molecular complexity index is 281. The fourth-order valence-electron chi connectivity index (χ4n) is 2.56. The standard InChI is InChI=1S/C12H21F3N2O/c1-16-7-9-5-3-4-6-10(9)17(2)8-11(18)12(13,14)15/h7,9-11,18H,3-6,8H2,1-2H3/t9?,10-,11-/m0/s1. The lowest BCUT2D eigenvalue weighted by Crippen LogP contribution is -2.47. The fourth-order valence-corrected chi connectivity index (χ4v) is 2.56. The highest BCUT2D eigenvalue weighted by molar-refractivity contribution is 5.61. The van der Waals surface area contributed by atoms with Crippen molar-refractivity contribution in [2.75, 3.05) is 20.6 Å². The first-order chi connectivity index (χ1) is 8.36. The van der Waals surface area contributed by atoms with Crippen molar-refractivity contribution < 1.29 is 18.3 Å². The Morgan fingerprint density at radius 3 is 2.56 bits per heavy atom. The highest BCUT2D eigenvalue weighted by Crippen LogP contribution is 2.28. The number of likely N-dealkylation sites (N-methyl/N-ethyl adjacent to an activating group) is 1. The quantitative estimate of drug-likeness (QED) is 0.791. The van der Waals surface area contributed by atoms with Crippen molar-refractivity contribution in [3.8, 4) is 0 Å².